The molecule has 13 heavy (non-hydrogen) atoms. The first-order chi connectivity index (χ1) is 6.18. The fourth-order valence-electron chi connectivity index (χ4n) is 1.36. The van der Waals surface area contributed by atoms with Crippen molar-refractivity contribution in [2.24, 2.45) is 0 Å². The van der Waals surface area contributed by atoms with E-state index >= 15 is 0 Å². The highest BCUT2D eigenvalue weighted by Gasteiger charge is 2.02. The molecular weight excluding hydrogens is 202 g/mol. The lowest BCUT2D eigenvalue weighted by Crippen LogP contribution is -1.77. The number of rotatable bonds is 1. The topological polar surface area (TPSA) is 15.8 Å². The first kappa shape index (κ1) is 8.97. The number of aromatic nitrogens is 1. The molecule has 0 radical (unpaired) electrons. The number of H-pyrrole nitrogens is 1. The molecule has 0 spiro atoms. The van der Waals surface area contributed by atoms with Crippen molar-refractivity contribution in [2.45, 2.75) is 4.90 Å². The van der Waals surface area contributed by atoms with Gasteiger partial charge in [-0.3, -0.25) is 0 Å². The number of thiol groups is 1. The highest BCUT2D eigenvalue weighted by atomic mass is 35.5. The Kier molecular flexibility index (Phi) is 2.26. The minimum absolute atomic E-state index is 0.0226. The van der Waals surface area contributed by atoms with Gasteiger partial charge in [0.15, 0.2) is 0 Å². The second-order valence-corrected chi connectivity index (χ2v) is 5.97. The Labute approximate surface area is 85.4 Å². The molecule has 0 saturated heterocycles. The summed E-state index contributed by atoms with van der Waals surface area (Å²) in [5, 5.41) is 1.92. The molecule has 0 bridgehead atoms. The van der Waals surface area contributed by atoms with Gasteiger partial charge in [-0.05, 0) is 29.5 Å². The largest absolute Gasteiger partial charge is 0.360 e. The summed E-state index contributed by atoms with van der Waals surface area (Å²) in [6, 6.07) is 6.44. The Balaban J connectivity index is 2.63. The summed E-state index contributed by atoms with van der Waals surface area (Å²) in [6.07, 6.45) is 6.34. The molecular formula is C10H12ClNS. The third-order valence-corrected chi connectivity index (χ3v) is 3.75. The normalized spacial score (nSPS) is 12.1. The second kappa shape index (κ2) is 3.28. The van der Waals surface area contributed by atoms with Gasteiger partial charge in [0.1, 0.15) is 0 Å². The number of nitrogens with one attached hydrogen (secondary N) is 1. The van der Waals surface area contributed by atoms with Gasteiger partial charge in [0, 0.05) is 17.1 Å². The lowest BCUT2D eigenvalue weighted by molar-refractivity contribution is 1.43. The first-order valence-electron chi connectivity index (χ1n) is 4.12. The van der Waals surface area contributed by atoms with E-state index in [-0.39, 0.29) is 10.9 Å². The Morgan fingerprint density at radius 1 is 1.31 bits per heavy atom. The van der Waals surface area contributed by atoms with Crippen LogP contribution in [-0.4, -0.2) is 17.5 Å². The Bertz CT molecular complexity index is 433. The van der Waals surface area contributed by atoms with Crippen LogP contribution in [0.1, 0.15) is 0 Å². The Hall–Kier alpha value is -0.600. The van der Waals surface area contributed by atoms with E-state index in [4.69, 9.17) is 11.6 Å². The van der Waals surface area contributed by atoms with Crippen molar-refractivity contribution < 1.29 is 0 Å². The number of fused-ring (bicyclic) bond motifs is 1. The van der Waals surface area contributed by atoms with Gasteiger partial charge in [0.25, 0.3) is 0 Å². The average molecular weight is 214 g/mol. The summed E-state index contributed by atoms with van der Waals surface area (Å²) in [7, 11) is -0.0226. The van der Waals surface area contributed by atoms with Crippen LogP contribution in [0.4, 0.5) is 0 Å². The molecule has 2 rings (SSSR count). The van der Waals surface area contributed by atoms with Gasteiger partial charge in [0.2, 0.25) is 0 Å². The van der Waals surface area contributed by atoms with Crippen LogP contribution in [0.5, 0.6) is 0 Å². The van der Waals surface area contributed by atoms with E-state index in [1.807, 2.05) is 6.20 Å². The zero-order valence-electron chi connectivity index (χ0n) is 7.63. The van der Waals surface area contributed by atoms with Crippen molar-refractivity contribution in [1.29, 1.82) is 0 Å². The van der Waals surface area contributed by atoms with E-state index in [0.717, 1.165) is 15.9 Å². The summed E-state index contributed by atoms with van der Waals surface area (Å²) >= 11 is 5.98. The van der Waals surface area contributed by atoms with Gasteiger partial charge in [-0.1, -0.05) is 17.7 Å². The lowest BCUT2D eigenvalue weighted by atomic mass is 10.2. The number of hydrogen-bond donors (Lipinski definition) is 2. The molecule has 0 saturated carbocycles. The smallest absolute Gasteiger partial charge is 0.0659 e. The third kappa shape index (κ3) is 1.56. The van der Waals surface area contributed by atoms with E-state index in [1.165, 1.54) is 4.90 Å². The average Bonchev–Trinajstić information content (AvgIpc) is 2.47. The number of aromatic amines is 1. The summed E-state index contributed by atoms with van der Waals surface area (Å²) in [5.74, 6) is 0. The minimum atomic E-state index is -0.0226. The van der Waals surface area contributed by atoms with Crippen LogP contribution in [0.2, 0.25) is 5.02 Å². The van der Waals surface area contributed by atoms with Crippen LogP contribution < -0.4 is 0 Å². The molecule has 3 heteroatoms. The minimum Gasteiger partial charge on any atom is -0.360 e. The van der Waals surface area contributed by atoms with Crippen molar-refractivity contribution in [1.82, 2.24) is 4.98 Å². The van der Waals surface area contributed by atoms with E-state index in [0.29, 0.717) is 0 Å². The predicted octanol–water partition coefficient (Wildman–Crippen LogP) is 3.44. The van der Waals surface area contributed by atoms with Gasteiger partial charge >= 0.3 is 0 Å². The molecule has 0 aliphatic heterocycles. The van der Waals surface area contributed by atoms with Crippen molar-refractivity contribution in [3.8, 4) is 0 Å². The maximum atomic E-state index is 5.98. The molecule has 0 amide bonds. The van der Waals surface area contributed by atoms with Crippen LogP contribution >= 0.6 is 22.5 Å². The molecule has 1 N–H and O–H groups in total. The van der Waals surface area contributed by atoms with Crippen molar-refractivity contribution in [2.75, 3.05) is 12.5 Å². The van der Waals surface area contributed by atoms with Gasteiger partial charge in [-0.2, -0.15) is 0 Å². The molecule has 0 unspecified atom stereocenters. The van der Waals surface area contributed by atoms with Gasteiger partial charge in [0.05, 0.1) is 5.02 Å². The molecule has 0 aliphatic carbocycles. The predicted molar refractivity (Wildman–Crippen MR) is 62.4 cm³/mol. The zero-order chi connectivity index (χ0) is 9.42. The second-order valence-electron chi connectivity index (χ2n) is 3.26. The van der Waals surface area contributed by atoms with Crippen LogP contribution in [0.25, 0.3) is 10.9 Å². The van der Waals surface area contributed by atoms with Crippen molar-refractivity contribution >= 4 is 33.4 Å². The van der Waals surface area contributed by atoms with Gasteiger partial charge in [-0.15, -0.1) is 0 Å². The quantitative estimate of drug-likeness (QED) is 0.676. The zero-order valence-corrected chi connectivity index (χ0v) is 9.28. The Morgan fingerprint density at radius 3 is 2.77 bits per heavy atom. The fourth-order valence-corrected chi connectivity index (χ4v) is 2.34. The van der Waals surface area contributed by atoms with E-state index < -0.39 is 0 Å². The molecule has 1 aromatic heterocycles. The molecule has 1 aromatic carbocycles. The standard InChI is InChI=1S/C10H12ClNS/c1-13(2)7-3-4-8-9(11)6-12-10(8)5-7/h3-6,12-13H,1-2H3. The summed E-state index contributed by atoms with van der Waals surface area (Å²) in [6.45, 7) is 0. The maximum absolute atomic E-state index is 5.98. The van der Waals surface area contributed by atoms with Crippen LogP contribution in [-0.2, 0) is 0 Å². The van der Waals surface area contributed by atoms with Crippen molar-refractivity contribution in [3.63, 3.8) is 0 Å². The number of halogens is 1. The number of hydrogen-bond acceptors (Lipinski definition) is 0. The molecule has 0 aliphatic rings. The van der Waals surface area contributed by atoms with Crippen molar-refractivity contribution in [3.05, 3.63) is 29.4 Å². The van der Waals surface area contributed by atoms with Crippen LogP contribution in [0, 0.1) is 0 Å². The van der Waals surface area contributed by atoms with E-state index in [1.54, 1.807) is 0 Å². The first-order valence-corrected chi connectivity index (χ1v) is 6.74. The molecule has 0 atom stereocenters. The van der Waals surface area contributed by atoms with Gasteiger partial charge < -0.3 is 4.98 Å². The molecule has 70 valence electrons. The summed E-state index contributed by atoms with van der Waals surface area (Å²) in [4.78, 5) is 4.57. The summed E-state index contributed by atoms with van der Waals surface area (Å²) in [5.41, 5.74) is 1.14. The third-order valence-electron chi connectivity index (χ3n) is 2.13. The molecule has 1 heterocycles. The monoisotopic (exact) mass is 213 g/mol. The van der Waals surface area contributed by atoms with E-state index in [2.05, 4.69) is 35.7 Å². The summed E-state index contributed by atoms with van der Waals surface area (Å²) < 4.78 is 0. The SMILES string of the molecule is C[SH](C)c1ccc2c(Cl)c[nH]c2c1. The lowest BCUT2D eigenvalue weighted by Gasteiger charge is -2.08. The number of benzene rings is 1. The van der Waals surface area contributed by atoms with E-state index in [9.17, 15) is 0 Å². The van der Waals surface area contributed by atoms with Crippen LogP contribution in [0.15, 0.2) is 29.3 Å². The highest BCUT2D eigenvalue weighted by molar-refractivity contribution is 8.15. The Morgan fingerprint density at radius 2 is 2.08 bits per heavy atom. The molecule has 1 nitrogen and oxygen atoms in total. The van der Waals surface area contributed by atoms with Crippen LogP contribution in [0.3, 0.4) is 0 Å². The molecule has 0 fully saturated rings. The highest BCUT2D eigenvalue weighted by Crippen LogP contribution is 2.32. The van der Waals surface area contributed by atoms with Gasteiger partial charge in [-0.25, -0.2) is 10.9 Å². The molecule has 2 aromatic rings. The fraction of sp³-hybridized carbons (Fsp3) is 0.200. The maximum Gasteiger partial charge on any atom is 0.0659 e.